The van der Waals surface area contributed by atoms with Crippen LogP contribution in [0, 0.1) is 0 Å². The molecule has 23 heavy (non-hydrogen) atoms. The van der Waals surface area contributed by atoms with Crippen LogP contribution >= 0.6 is 11.6 Å². The number of halogens is 1. The third-order valence-electron chi connectivity index (χ3n) is 3.90. The smallest absolute Gasteiger partial charge is 0.254 e. The van der Waals surface area contributed by atoms with Crippen molar-refractivity contribution in [2.75, 3.05) is 31.6 Å². The van der Waals surface area contributed by atoms with Crippen molar-refractivity contribution in [3.63, 3.8) is 0 Å². The molecule has 7 heteroatoms. The van der Waals surface area contributed by atoms with Crippen molar-refractivity contribution in [1.82, 2.24) is 14.7 Å². The number of anilines is 1. The zero-order chi connectivity index (χ0) is 16.2. The second-order valence-corrected chi connectivity index (χ2v) is 5.81. The van der Waals surface area contributed by atoms with Gasteiger partial charge in [-0.3, -0.25) is 9.48 Å². The normalized spacial score (nSPS) is 14.8. The van der Waals surface area contributed by atoms with E-state index in [0.29, 0.717) is 43.4 Å². The van der Waals surface area contributed by atoms with Crippen LogP contribution in [0.1, 0.15) is 16.1 Å². The van der Waals surface area contributed by atoms with E-state index in [2.05, 4.69) is 10.4 Å². The first-order valence-electron chi connectivity index (χ1n) is 7.52. The van der Waals surface area contributed by atoms with E-state index in [4.69, 9.17) is 16.3 Å². The molecule has 6 nitrogen and oxygen atoms in total. The number of morpholine rings is 1. The van der Waals surface area contributed by atoms with Crippen LogP contribution in [-0.4, -0.2) is 46.9 Å². The number of carbonyl (C=O) groups is 1. The highest BCUT2D eigenvalue weighted by Gasteiger charge is 2.18. The van der Waals surface area contributed by atoms with E-state index in [1.54, 1.807) is 10.9 Å². The number of hydrogen-bond donors (Lipinski definition) is 1. The maximum absolute atomic E-state index is 12.4. The van der Waals surface area contributed by atoms with E-state index in [1.165, 1.54) is 0 Å². The zero-order valence-corrected chi connectivity index (χ0v) is 13.7. The summed E-state index contributed by atoms with van der Waals surface area (Å²) in [6.45, 7) is 3.09. The van der Waals surface area contributed by atoms with Gasteiger partial charge in [0, 0.05) is 31.4 Å². The summed E-state index contributed by atoms with van der Waals surface area (Å²) in [5.74, 6) is 0.0505. The molecule has 1 aliphatic heterocycles. The van der Waals surface area contributed by atoms with Crippen LogP contribution < -0.4 is 5.32 Å². The summed E-state index contributed by atoms with van der Waals surface area (Å²) in [6, 6.07) is 7.48. The number of benzene rings is 1. The van der Waals surface area contributed by atoms with Crippen molar-refractivity contribution < 1.29 is 9.53 Å². The SMILES string of the molecule is Cn1ncc(Cl)c1CNc1ccc(C(=O)N2CCOCC2)cc1. The quantitative estimate of drug-likeness (QED) is 0.931. The Morgan fingerprint density at radius 1 is 1.30 bits per heavy atom. The van der Waals surface area contributed by atoms with Crippen LogP contribution in [0.25, 0.3) is 0 Å². The van der Waals surface area contributed by atoms with Gasteiger partial charge in [-0.25, -0.2) is 0 Å². The van der Waals surface area contributed by atoms with Crippen molar-refractivity contribution in [3.05, 3.63) is 46.7 Å². The highest BCUT2D eigenvalue weighted by Crippen LogP contribution is 2.17. The van der Waals surface area contributed by atoms with E-state index in [0.717, 1.165) is 11.4 Å². The minimum atomic E-state index is 0.0505. The Labute approximate surface area is 140 Å². The van der Waals surface area contributed by atoms with Crippen LogP contribution in [0.2, 0.25) is 5.02 Å². The van der Waals surface area contributed by atoms with Gasteiger partial charge in [0.1, 0.15) is 0 Å². The van der Waals surface area contributed by atoms with E-state index >= 15 is 0 Å². The molecule has 1 aromatic heterocycles. The molecule has 0 unspecified atom stereocenters. The van der Waals surface area contributed by atoms with E-state index in [1.807, 2.05) is 36.2 Å². The number of nitrogens with one attached hydrogen (secondary N) is 1. The minimum absolute atomic E-state index is 0.0505. The van der Waals surface area contributed by atoms with Crippen molar-refractivity contribution >= 4 is 23.2 Å². The number of hydrogen-bond acceptors (Lipinski definition) is 4. The molecular weight excluding hydrogens is 316 g/mol. The maximum atomic E-state index is 12.4. The van der Waals surface area contributed by atoms with Crippen LogP contribution in [0.5, 0.6) is 0 Å². The number of rotatable bonds is 4. The molecule has 0 radical (unpaired) electrons. The Balaban J connectivity index is 1.61. The monoisotopic (exact) mass is 334 g/mol. The molecule has 122 valence electrons. The van der Waals surface area contributed by atoms with Gasteiger partial charge in [-0.1, -0.05) is 11.6 Å². The minimum Gasteiger partial charge on any atom is -0.379 e. The summed E-state index contributed by atoms with van der Waals surface area (Å²) in [5, 5.41) is 8.02. The van der Waals surface area contributed by atoms with Gasteiger partial charge in [-0.05, 0) is 24.3 Å². The van der Waals surface area contributed by atoms with E-state index < -0.39 is 0 Å². The number of amides is 1. The Hall–Kier alpha value is -2.05. The molecule has 3 rings (SSSR count). The molecule has 1 saturated heterocycles. The highest BCUT2D eigenvalue weighted by molar-refractivity contribution is 6.31. The molecule has 1 fully saturated rings. The fraction of sp³-hybridized carbons (Fsp3) is 0.375. The fourth-order valence-corrected chi connectivity index (χ4v) is 2.73. The summed E-state index contributed by atoms with van der Waals surface area (Å²) in [5.41, 5.74) is 2.54. The van der Waals surface area contributed by atoms with Crippen LogP contribution in [0.4, 0.5) is 5.69 Å². The second kappa shape index (κ2) is 7.02. The zero-order valence-electron chi connectivity index (χ0n) is 13.0. The molecule has 0 spiro atoms. The molecule has 1 aliphatic rings. The molecule has 0 saturated carbocycles. The lowest BCUT2D eigenvalue weighted by molar-refractivity contribution is 0.0303. The largest absolute Gasteiger partial charge is 0.379 e. The highest BCUT2D eigenvalue weighted by atomic mass is 35.5. The van der Waals surface area contributed by atoms with Crippen molar-refractivity contribution in [2.45, 2.75) is 6.54 Å². The Morgan fingerprint density at radius 2 is 2.00 bits per heavy atom. The van der Waals surface area contributed by atoms with Gasteiger partial charge in [0.25, 0.3) is 5.91 Å². The average molecular weight is 335 g/mol. The van der Waals surface area contributed by atoms with Gasteiger partial charge in [0.2, 0.25) is 0 Å². The second-order valence-electron chi connectivity index (χ2n) is 5.40. The Morgan fingerprint density at radius 3 is 2.61 bits per heavy atom. The first-order chi connectivity index (χ1) is 11.1. The Bertz CT molecular complexity index is 658. The molecule has 2 heterocycles. The van der Waals surface area contributed by atoms with Crippen LogP contribution in [0.3, 0.4) is 0 Å². The number of nitrogens with zero attached hydrogens (tertiary/aromatic N) is 3. The molecule has 0 atom stereocenters. The summed E-state index contributed by atoms with van der Waals surface area (Å²) in [4.78, 5) is 14.2. The van der Waals surface area contributed by atoms with Gasteiger partial charge in [-0.2, -0.15) is 5.10 Å². The molecule has 2 aromatic rings. The molecule has 1 aromatic carbocycles. The number of aromatic nitrogens is 2. The first kappa shape index (κ1) is 15.8. The van der Waals surface area contributed by atoms with Crippen molar-refractivity contribution in [3.8, 4) is 0 Å². The third kappa shape index (κ3) is 3.65. The number of carbonyl (C=O) groups excluding carboxylic acids is 1. The molecule has 1 amide bonds. The number of aryl methyl sites for hydroxylation is 1. The summed E-state index contributed by atoms with van der Waals surface area (Å²) in [7, 11) is 1.85. The standard InChI is InChI=1S/C16H19ClN4O2/c1-20-15(14(17)10-19-20)11-18-13-4-2-12(3-5-13)16(22)21-6-8-23-9-7-21/h2-5,10,18H,6-9,11H2,1H3. The third-order valence-corrected chi connectivity index (χ3v) is 4.22. The maximum Gasteiger partial charge on any atom is 0.254 e. The van der Waals surface area contributed by atoms with Gasteiger partial charge < -0.3 is 15.0 Å². The van der Waals surface area contributed by atoms with Crippen LogP contribution in [-0.2, 0) is 18.3 Å². The first-order valence-corrected chi connectivity index (χ1v) is 7.90. The van der Waals surface area contributed by atoms with Crippen molar-refractivity contribution in [1.29, 1.82) is 0 Å². The van der Waals surface area contributed by atoms with Gasteiger partial charge in [0.15, 0.2) is 0 Å². The predicted molar refractivity (Wildman–Crippen MR) is 88.7 cm³/mol. The molecule has 0 bridgehead atoms. The van der Waals surface area contributed by atoms with Gasteiger partial charge >= 0.3 is 0 Å². The molecular formula is C16H19ClN4O2. The fourth-order valence-electron chi connectivity index (χ4n) is 2.50. The Kier molecular flexibility index (Phi) is 4.83. The topological polar surface area (TPSA) is 59.4 Å². The van der Waals surface area contributed by atoms with Gasteiger partial charge in [0.05, 0.1) is 36.7 Å². The molecule has 1 N–H and O–H groups in total. The summed E-state index contributed by atoms with van der Waals surface area (Å²) in [6.07, 6.45) is 1.63. The lowest BCUT2D eigenvalue weighted by atomic mass is 10.1. The van der Waals surface area contributed by atoms with Crippen molar-refractivity contribution in [2.24, 2.45) is 7.05 Å². The summed E-state index contributed by atoms with van der Waals surface area (Å²) < 4.78 is 7.01. The number of ether oxygens (including phenoxy) is 1. The average Bonchev–Trinajstić information content (AvgIpc) is 2.92. The summed E-state index contributed by atoms with van der Waals surface area (Å²) >= 11 is 6.08. The molecule has 0 aliphatic carbocycles. The predicted octanol–water partition coefficient (Wildman–Crippen LogP) is 2.16. The van der Waals surface area contributed by atoms with Gasteiger partial charge in [-0.15, -0.1) is 0 Å². The van der Waals surface area contributed by atoms with Crippen LogP contribution in [0.15, 0.2) is 30.5 Å². The lowest BCUT2D eigenvalue weighted by Crippen LogP contribution is -2.40. The van der Waals surface area contributed by atoms with E-state index in [-0.39, 0.29) is 5.91 Å². The van der Waals surface area contributed by atoms with E-state index in [9.17, 15) is 4.79 Å². The lowest BCUT2D eigenvalue weighted by Gasteiger charge is -2.26.